The molecule has 2 aromatic carbocycles. The highest BCUT2D eigenvalue weighted by atomic mass is 32.2. The van der Waals surface area contributed by atoms with Crippen molar-refractivity contribution in [3.05, 3.63) is 81.8 Å². The molecule has 7 heteroatoms. The van der Waals surface area contributed by atoms with Crippen molar-refractivity contribution in [2.24, 2.45) is 0 Å². The quantitative estimate of drug-likeness (QED) is 0.529. The first-order valence-corrected chi connectivity index (χ1v) is 10.7. The van der Waals surface area contributed by atoms with E-state index < -0.39 is 0 Å². The number of amides is 1. The fraction of sp³-hybridized carbons (Fsp3) is 0.318. The Balaban J connectivity index is 1.57. The molecule has 1 amide bonds. The molecule has 0 unspecified atom stereocenters. The zero-order valence-corrected chi connectivity index (χ0v) is 17.5. The number of hydrogen-bond donors (Lipinski definition) is 2. The fourth-order valence-electron chi connectivity index (χ4n) is 3.08. The van der Waals surface area contributed by atoms with Gasteiger partial charge in [0.15, 0.2) is 5.16 Å². The lowest BCUT2D eigenvalue weighted by molar-refractivity contribution is -0.119. The van der Waals surface area contributed by atoms with Crippen LogP contribution in [0.3, 0.4) is 0 Å². The highest BCUT2D eigenvalue weighted by Gasteiger charge is 2.15. The number of aromatic nitrogens is 3. The van der Waals surface area contributed by atoms with Gasteiger partial charge in [-0.3, -0.25) is 9.36 Å². The summed E-state index contributed by atoms with van der Waals surface area (Å²) in [7, 11) is 0. The van der Waals surface area contributed by atoms with E-state index in [1.807, 2.05) is 68.4 Å². The molecule has 0 spiro atoms. The maximum atomic E-state index is 12.5. The summed E-state index contributed by atoms with van der Waals surface area (Å²) < 4.78 is 1.59. The molecule has 0 saturated carbocycles. The Bertz CT molecular complexity index is 980. The fourth-order valence-corrected chi connectivity index (χ4v) is 3.87. The van der Waals surface area contributed by atoms with Crippen LogP contribution in [0.15, 0.2) is 64.5 Å². The Morgan fingerprint density at radius 2 is 1.90 bits per heavy atom. The Labute approximate surface area is 174 Å². The van der Waals surface area contributed by atoms with Gasteiger partial charge >= 0.3 is 5.69 Å². The number of nitrogens with one attached hydrogen (secondary N) is 2. The number of thioether (sulfide) groups is 1. The van der Waals surface area contributed by atoms with E-state index in [0.717, 1.165) is 24.0 Å². The smallest absolute Gasteiger partial charge is 0.343 e. The summed E-state index contributed by atoms with van der Waals surface area (Å²) in [5.74, 6) is 0.130. The van der Waals surface area contributed by atoms with Crippen molar-refractivity contribution in [2.45, 2.75) is 44.4 Å². The maximum Gasteiger partial charge on any atom is 0.343 e. The van der Waals surface area contributed by atoms with Gasteiger partial charge in [0, 0.05) is 6.54 Å². The van der Waals surface area contributed by atoms with Crippen molar-refractivity contribution in [3.63, 3.8) is 0 Å². The SMILES string of the molecule is CC[C@@H](NC(=O)CSc1n[nH]c(=O)n1CCc1ccccc1)c1ccc(C)cc1. The van der Waals surface area contributed by atoms with Crippen molar-refractivity contribution in [2.75, 3.05) is 5.75 Å². The average Bonchev–Trinajstić information content (AvgIpc) is 3.10. The summed E-state index contributed by atoms with van der Waals surface area (Å²) in [6.45, 7) is 4.61. The molecule has 0 saturated heterocycles. The third-order valence-corrected chi connectivity index (χ3v) is 5.72. The molecule has 152 valence electrons. The van der Waals surface area contributed by atoms with Gasteiger partial charge in [0.2, 0.25) is 5.91 Å². The van der Waals surface area contributed by atoms with Crippen LogP contribution in [0.4, 0.5) is 0 Å². The summed E-state index contributed by atoms with van der Waals surface area (Å²) >= 11 is 1.27. The van der Waals surface area contributed by atoms with Crippen molar-refractivity contribution < 1.29 is 4.79 Å². The van der Waals surface area contributed by atoms with Crippen LogP contribution in [0, 0.1) is 6.92 Å². The Morgan fingerprint density at radius 3 is 2.59 bits per heavy atom. The molecule has 3 rings (SSSR count). The van der Waals surface area contributed by atoms with Crippen LogP contribution >= 0.6 is 11.8 Å². The number of benzene rings is 2. The van der Waals surface area contributed by atoms with Crippen molar-refractivity contribution >= 4 is 17.7 Å². The Hall–Kier alpha value is -2.80. The number of H-pyrrole nitrogens is 1. The molecule has 3 aromatic rings. The van der Waals surface area contributed by atoms with E-state index in [9.17, 15) is 9.59 Å². The van der Waals surface area contributed by atoms with E-state index in [2.05, 4.69) is 15.5 Å². The minimum absolute atomic E-state index is 0.0249. The van der Waals surface area contributed by atoms with E-state index in [0.29, 0.717) is 11.7 Å². The number of aromatic amines is 1. The van der Waals surface area contributed by atoms with Gasteiger partial charge < -0.3 is 5.32 Å². The van der Waals surface area contributed by atoms with Gasteiger partial charge in [-0.25, -0.2) is 9.89 Å². The first kappa shape index (κ1) is 20.9. The first-order valence-electron chi connectivity index (χ1n) is 9.74. The molecule has 2 N–H and O–H groups in total. The van der Waals surface area contributed by atoms with Crippen LogP contribution < -0.4 is 11.0 Å². The molecule has 6 nitrogen and oxygen atoms in total. The summed E-state index contributed by atoms with van der Waals surface area (Å²) in [4.78, 5) is 24.5. The maximum absolute atomic E-state index is 12.5. The molecule has 0 radical (unpaired) electrons. The third-order valence-electron chi connectivity index (χ3n) is 4.75. The van der Waals surface area contributed by atoms with Gasteiger partial charge in [0.05, 0.1) is 11.8 Å². The van der Waals surface area contributed by atoms with Crippen molar-refractivity contribution in [1.82, 2.24) is 20.1 Å². The number of nitrogens with zero attached hydrogens (tertiary/aromatic N) is 2. The molecule has 0 aliphatic rings. The van der Waals surface area contributed by atoms with Crippen LogP contribution in [0.2, 0.25) is 0 Å². The first-order chi connectivity index (χ1) is 14.1. The lowest BCUT2D eigenvalue weighted by Crippen LogP contribution is -2.29. The zero-order valence-electron chi connectivity index (χ0n) is 16.7. The van der Waals surface area contributed by atoms with Crippen LogP contribution in [0.1, 0.15) is 36.1 Å². The average molecular weight is 411 g/mol. The zero-order chi connectivity index (χ0) is 20.6. The minimum atomic E-state index is -0.255. The highest BCUT2D eigenvalue weighted by Crippen LogP contribution is 2.19. The monoisotopic (exact) mass is 410 g/mol. The van der Waals surface area contributed by atoms with E-state index in [4.69, 9.17) is 0 Å². The predicted molar refractivity (Wildman–Crippen MR) is 116 cm³/mol. The van der Waals surface area contributed by atoms with Gasteiger partial charge in [0.25, 0.3) is 0 Å². The van der Waals surface area contributed by atoms with Gasteiger partial charge in [0.1, 0.15) is 0 Å². The highest BCUT2D eigenvalue weighted by molar-refractivity contribution is 7.99. The Morgan fingerprint density at radius 1 is 1.17 bits per heavy atom. The lowest BCUT2D eigenvalue weighted by Gasteiger charge is -2.17. The number of aryl methyl sites for hydroxylation is 2. The molecular formula is C22H26N4O2S. The van der Waals surface area contributed by atoms with Crippen LogP contribution in [0.25, 0.3) is 0 Å². The summed E-state index contributed by atoms with van der Waals surface area (Å²) in [5, 5.41) is 10.2. The largest absolute Gasteiger partial charge is 0.349 e. The molecule has 0 fully saturated rings. The van der Waals surface area contributed by atoms with Gasteiger partial charge in [-0.2, -0.15) is 0 Å². The second-order valence-corrected chi connectivity index (χ2v) is 7.87. The summed E-state index contributed by atoms with van der Waals surface area (Å²) in [5.41, 5.74) is 3.18. The third kappa shape index (κ3) is 5.84. The molecule has 29 heavy (non-hydrogen) atoms. The molecule has 1 atom stereocenters. The lowest BCUT2D eigenvalue weighted by atomic mass is 10.0. The van der Waals surface area contributed by atoms with Gasteiger partial charge in [-0.1, -0.05) is 78.8 Å². The van der Waals surface area contributed by atoms with E-state index in [-0.39, 0.29) is 23.4 Å². The van der Waals surface area contributed by atoms with Gasteiger partial charge in [-0.05, 0) is 30.9 Å². The second kappa shape index (κ2) is 10.1. The second-order valence-electron chi connectivity index (χ2n) is 6.93. The Kier molecular flexibility index (Phi) is 7.30. The van der Waals surface area contributed by atoms with E-state index in [1.165, 1.54) is 17.3 Å². The van der Waals surface area contributed by atoms with Gasteiger partial charge in [-0.15, -0.1) is 5.10 Å². The number of carbonyl (C=O) groups is 1. The van der Waals surface area contributed by atoms with E-state index >= 15 is 0 Å². The molecule has 1 aromatic heterocycles. The molecular weight excluding hydrogens is 384 g/mol. The van der Waals surface area contributed by atoms with Crippen molar-refractivity contribution in [3.8, 4) is 0 Å². The number of hydrogen-bond acceptors (Lipinski definition) is 4. The van der Waals surface area contributed by atoms with Crippen LogP contribution in [-0.2, 0) is 17.8 Å². The normalized spacial score (nSPS) is 11.9. The van der Waals surface area contributed by atoms with Crippen molar-refractivity contribution in [1.29, 1.82) is 0 Å². The topological polar surface area (TPSA) is 79.8 Å². The number of rotatable bonds is 9. The summed E-state index contributed by atoms with van der Waals surface area (Å²) in [6, 6.07) is 18.1. The van der Waals surface area contributed by atoms with Crippen LogP contribution in [-0.4, -0.2) is 26.4 Å². The standard InChI is InChI=1S/C22H26N4O2S/c1-3-19(18-11-9-16(2)10-12-18)23-20(27)15-29-22-25-24-21(28)26(22)14-13-17-7-5-4-6-8-17/h4-12,19H,3,13-15H2,1-2H3,(H,23,27)(H,24,28)/t19-/m1/s1. The molecule has 0 aliphatic heterocycles. The molecule has 0 aliphatic carbocycles. The predicted octanol–water partition coefficient (Wildman–Crippen LogP) is 3.48. The minimum Gasteiger partial charge on any atom is -0.349 e. The molecule has 0 bridgehead atoms. The summed E-state index contributed by atoms with van der Waals surface area (Å²) in [6.07, 6.45) is 1.54. The number of carbonyl (C=O) groups excluding carboxylic acids is 1. The van der Waals surface area contributed by atoms with E-state index in [1.54, 1.807) is 4.57 Å². The van der Waals surface area contributed by atoms with Crippen LogP contribution in [0.5, 0.6) is 0 Å². The molecule has 1 heterocycles.